The van der Waals surface area contributed by atoms with Crippen molar-refractivity contribution in [3.8, 4) is 17.0 Å². The van der Waals surface area contributed by atoms with Crippen LogP contribution in [0.2, 0.25) is 0 Å². The molecular formula is C21H17F3N6O2. The first kappa shape index (κ1) is 21.1. The SMILES string of the molecule is CCc1nn(-c2ccccc2-c2cnco2)c(N)c1C(=O)Nc1ccc(C(F)(F)F)cn1. The van der Waals surface area contributed by atoms with Crippen LogP contribution in [-0.4, -0.2) is 25.7 Å². The van der Waals surface area contributed by atoms with E-state index in [1.54, 1.807) is 24.4 Å². The molecule has 0 aliphatic rings. The fraction of sp³-hybridized carbons (Fsp3) is 0.143. The third kappa shape index (κ3) is 3.92. The number of nitrogens with one attached hydrogen (secondary N) is 1. The van der Waals surface area contributed by atoms with Crippen molar-refractivity contribution < 1.29 is 22.4 Å². The van der Waals surface area contributed by atoms with Crippen molar-refractivity contribution in [2.45, 2.75) is 19.5 Å². The Kier molecular flexibility index (Phi) is 5.39. The maximum absolute atomic E-state index is 12.9. The van der Waals surface area contributed by atoms with Crippen molar-refractivity contribution in [3.05, 3.63) is 72.0 Å². The largest absolute Gasteiger partial charge is 0.443 e. The van der Waals surface area contributed by atoms with E-state index in [1.165, 1.54) is 11.1 Å². The first-order chi connectivity index (χ1) is 15.3. The van der Waals surface area contributed by atoms with E-state index < -0.39 is 17.6 Å². The average molecular weight is 442 g/mol. The van der Waals surface area contributed by atoms with Crippen LogP contribution < -0.4 is 11.1 Å². The van der Waals surface area contributed by atoms with Crippen LogP contribution in [0, 0.1) is 0 Å². The number of oxazole rings is 1. The number of alkyl halides is 3. The molecule has 8 nitrogen and oxygen atoms in total. The van der Waals surface area contributed by atoms with Gasteiger partial charge >= 0.3 is 6.18 Å². The maximum atomic E-state index is 12.9. The van der Waals surface area contributed by atoms with E-state index in [-0.39, 0.29) is 17.2 Å². The fourth-order valence-corrected chi connectivity index (χ4v) is 3.19. The van der Waals surface area contributed by atoms with Crippen LogP contribution >= 0.6 is 0 Å². The van der Waals surface area contributed by atoms with Crippen LogP contribution in [0.15, 0.2) is 59.6 Å². The number of amides is 1. The monoisotopic (exact) mass is 442 g/mol. The maximum Gasteiger partial charge on any atom is 0.417 e. The van der Waals surface area contributed by atoms with Gasteiger partial charge in [-0.1, -0.05) is 19.1 Å². The van der Waals surface area contributed by atoms with E-state index in [1.807, 2.05) is 13.0 Å². The van der Waals surface area contributed by atoms with E-state index in [9.17, 15) is 18.0 Å². The van der Waals surface area contributed by atoms with Gasteiger partial charge in [-0.25, -0.2) is 14.6 Å². The minimum absolute atomic E-state index is 0.0423. The van der Waals surface area contributed by atoms with Gasteiger partial charge in [0.05, 0.1) is 23.1 Å². The van der Waals surface area contributed by atoms with Crippen molar-refractivity contribution in [3.63, 3.8) is 0 Å². The molecule has 3 heterocycles. The summed E-state index contributed by atoms with van der Waals surface area (Å²) in [6, 6.07) is 9.07. The minimum Gasteiger partial charge on any atom is -0.443 e. The second kappa shape index (κ2) is 8.17. The lowest BCUT2D eigenvalue weighted by atomic mass is 10.1. The highest BCUT2D eigenvalue weighted by atomic mass is 19.4. The number of aryl methyl sites for hydroxylation is 1. The fourth-order valence-electron chi connectivity index (χ4n) is 3.19. The van der Waals surface area contributed by atoms with Crippen molar-refractivity contribution in [1.29, 1.82) is 0 Å². The van der Waals surface area contributed by atoms with Gasteiger partial charge in [0, 0.05) is 11.8 Å². The molecule has 4 aromatic rings. The van der Waals surface area contributed by atoms with Crippen molar-refractivity contribution in [1.82, 2.24) is 19.7 Å². The normalized spacial score (nSPS) is 11.5. The lowest BCUT2D eigenvalue weighted by Crippen LogP contribution is -2.16. The van der Waals surface area contributed by atoms with E-state index >= 15 is 0 Å². The minimum atomic E-state index is -4.52. The summed E-state index contributed by atoms with van der Waals surface area (Å²) in [6.07, 6.45) is -0.635. The first-order valence-electron chi connectivity index (χ1n) is 9.49. The lowest BCUT2D eigenvalue weighted by Gasteiger charge is -2.10. The summed E-state index contributed by atoms with van der Waals surface area (Å²) in [4.78, 5) is 20.5. The lowest BCUT2D eigenvalue weighted by molar-refractivity contribution is -0.137. The molecule has 0 atom stereocenters. The summed E-state index contributed by atoms with van der Waals surface area (Å²) in [6.45, 7) is 1.81. The van der Waals surface area contributed by atoms with Gasteiger partial charge in [-0.3, -0.25) is 4.79 Å². The smallest absolute Gasteiger partial charge is 0.417 e. The number of para-hydroxylation sites is 1. The number of nitrogens with zero attached hydrogens (tertiary/aromatic N) is 4. The van der Waals surface area contributed by atoms with Gasteiger partial charge in [0.15, 0.2) is 12.2 Å². The molecule has 11 heteroatoms. The van der Waals surface area contributed by atoms with Crippen molar-refractivity contribution >= 4 is 17.5 Å². The van der Waals surface area contributed by atoms with Crippen LogP contribution in [0.5, 0.6) is 0 Å². The van der Waals surface area contributed by atoms with Gasteiger partial charge in [-0.05, 0) is 30.7 Å². The molecule has 0 saturated heterocycles. The quantitative estimate of drug-likeness (QED) is 0.476. The molecular weight excluding hydrogens is 425 g/mol. The number of aromatic nitrogens is 4. The highest BCUT2D eigenvalue weighted by Gasteiger charge is 2.31. The third-order valence-electron chi connectivity index (χ3n) is 4.72. The molecule has 0 saturated carbocycles. The summed E-state index contributed by atoms with van der Waals surface area (Å²) < 4.78 is 45.0. The third-order valence-corrected chi connectivity index (χ3v) is 4.72. The first-order valence-corrected chi connectivity index (χ1v) is 9.49. The molecule has 0 aliphatic carbocycles. The van der Waals surface area contributed by atoms with Gasteiger partial charge in [0.25, 0.3) is 5.91 Å². The Bertz CT molecular complexity index is 1250. The Labute approximate surface area is 179 Å². The Morgan fingerprint density at radius 3 is 2.59 bits per heavy atom. The van der Waals surface area contributed by atoms with E-state index in [2.05, 4.69) is 20.4 Å². The predicted molar refractivity (Wildman–Crippen MR) is 110 cm³/mol. The van der Waals surface area contributed by atoms with Crippen LogP contribution in [0.1, 0.15) is 28.5 Å². The number of hydrogen-bond donors (Lipinski definition) is 2. The molecule has 164 valence electrons. The van der Waals surface area contributed by atoms with Crippen molar-refractivity contribution in [2.24, 2.45) is 0 Å². The zero-order valence-electron chi connectivity index (χ0n) is 16.7. The number of nitrogens with two attached hydrogens (primary N) is 1. The number of halogens is 3. The standard InChI is InChI=1S/C21H17F3N6O2/c1-2-14-18(20(31)28-17-8-7-12(9-27-17)21(22,23)24)19(25)30(29-14)15-6-4-3-5-13(15)16-10-26-11-32-16/h3-11H,2,25H2,1H3,(H,27,28,31). The second-order valence-electron chi connectivity index (χ2n) is 6.74. The van der Waals surface area contributed by atoms with Crippen LogP contribution in [0.4, 0.5) is 24.8 Å². The van der Waals surface area contributed by atoms with Gasteiger partial charge in [0.2, 0.25) is 0 Å². The molecule has 32 heavy (non-hydrogen) atoms. The second-order valence-corrected chi connectivity index (χ2v) is 6.74. The molecule has 0 aliphatic heterocycles. The van der Waals surface area contributed by atoms with Crippen LogP contribution in [0.25, 0.3) is 17.0 Å². The van der Waals surface area contributed by atoms with Gasteiger partial charge in [-0.2, -0.15) is 18.3 Å². The van der Waals surface area contributed by atoms with Crippen molar-refractivity contribution in [2.75, 3.05) is 11.1 Å². The van der Waals surface area contributed by atoms with Gasteiger partial charge in [-0.15, -0.1) is 0 Å². The average Bonchev–Trinajstić information content (AvgIpc) is 3.41. The number of pyridine rings is 1. The molecule has 1 amide bonds. The molecule has 4 rings (SSSR count). The number of hydrogen-bond acceptors (Lipinski definition) is 6. The van der Waals surface area contributed by atoms with Gasteiger partial charge in [0.1, 0.15) is 17.2 Å². The Morgan fingerprint density at radius 1 is 1.19 bits per heavy atom. The van der Waals surface area contributed by atoms with Crippen LogP contribution in [0.3, 0.4) is 0 Å². The van der Waals surface area contributed by atoms with E-state index in [4.69, 9.17) is 10.2 Å². The summed E-state index contributed by atoms with van der Waals surface area (Å²) in [5.74, 6) is -0.110. The Balaban J connectivity index is 1.69. The zero-order valence-corrected chi connectivity index (χ0v) is 16.7. The summed E-state index contributed by atoms with van der Waals surface area (Å²) in [7, 11) is 0. The highest BCUT2D eigenvalue weighted by molar-refractivity contribution is 6.08. The number of benzene rings is 1. The Hall–Kier alpha value is -4.15. The van der Waals surface area contributed by atoms with E-state index in [0.29, 0.717) is 35.3 Å². The molecule has 3 aromatic heterocycles. The molecule has 0 radical (unpaired) electrons. The summed E-state index contributed by atoms with van der Waals surface area (Å²) >= 11 is 0. The predicted octanol–water partition coefficient (Wildman–Crippen LogP) is 4.34. The molecule has 0 spiro atoms. The molecule has 0 unspecified atom stereocenters. The summed E-state index contributed by atoms with van der Waals surface area (Å²) in [5.41, 5.74) is 7.14. The number of carbonyl (C=O) groups is 1. The molecule has 3 N–H and O–H groups in total. The molecule has 0 bridgehead atoms. The van der Waals surface area contributed by atoms with Gasteiger partial charge < -0.3 is 15.5 Å². The summed E-state index contributed by atoms with van der Waals surface area (Å²) in [5, 5.41) is 6.96. The molecule has 0 fully saturated rings. The number of rotatable bonds is 5. The molecule has 1 aromatic carbocycles. The highest BCUT2D eigenvalue weighted by Crippen LogP contribution is 2.31. The number of anilines is 2. The number of nitrogen functional groups attached to an aromatic ring is 1. The topological polar surface area (TPSA) is 112 Å². The number of carbonyl (C=O) groups excluding carboxylic acids is 1. The zero-order chi connectivity index (χ0) is 22.9. The van der Waals surface area contributed by atoms with Crippen LogP contribution in [-0.2, 0) is 12.6 Å². The Morgan fingerprint density at radius 2 is 1.97 bits per heavy atom. The van der Waals surface area contributed by atoms with E-state index in [0.717, 1.165) is 12.1 Å².